The lowest BCUT2D eigenvalue weighted by atomic mass is 10.2. The third-order valence-electron chi connectivity index (χ3n) is 2.19. The Bertz CT molecular complexity index is 437. The van der Waals surface area contributed by atoms with Crippen LogP contribution >= 0.6 is 0 Å². The van der Waals surface area contributed by atoms with Crippen LogP contribution in [0.1, 0.15) is 13.8 Å². The van der Waals surface area contributed by atoms with Crippen molar-refractivity contribution < 1.29 is 23.5 Å². The Kier molecular flexibility index (Phi) is 3.95. The molecule has 0 aromatic heterocycles. The molecule has 94 valence electrons. The molecule has 0 aliphatic heterocycles. The van der Waals surface area contributed by atoms with E-state index in [2.05, 4.69) is 0 Å². The molecular formula is C10H11F2NO4. The number of halogens is 2. The van der Waals surface area contributed by atoms with Gasteiger partial charge in [0, 0.05) is 6.07 Å². The Morgan fingerprint density at radius 3 is 2.41 bits per heavy atom. The number of aliphatic hydroxyl groups is 1. The van der Waals surface area contributed by atoms with Gasteiger partial charge in [-0.2, -0.15) is 4.39 Å². The average Bonchev–Trinajstić information content (AvgIpc) is 2.22. The summed E-state index contributed by atoms with van der Waals surface area (Å²) in [6, 6.07) is 1.03. The first-order chi connectivity index (χ1) is 7.82. The van der Waals surface area contributed by atoms with Gasteiger partial charge in [-0.05, 0) is 13.8 Å². The minimum atomic E-state index is -1.19. The van der Waals surface area contributed by atoms with Gasteiger partial charge in [0.15, 0.2) is 11.6 Å². The number of benzene rings is 1. The second-order valence-electron chi connectivity index (χ2n) is 3.55. The van der Waals surface area contributed by atoms with Crippen molar-refractivity contribution in [2.45, 2.75) is 26.1 Å². The van der Waals surface area contributed by atoms with Crippen LogP contribution < -0.4 is 4.74 Å². The first-order valence-corrected chi connectivity index (χ1v) is 4.81. The summed E-state index contributed by atoms with van der Waals surface area (Å²) in [4.78, 5) is 9.31. The summed E-state index contributed by atoms with van der Waals surface area (Å²) in [6.07, 6.45) is -1.64. The largest absolute Gasteiger partial charge is 0.485 e. The van der Waals surface area contributed by atoms with Gasteiger partial charge >= 0.3 is 5.69 Å². The van der Waals surface area contributed by atoms with E-state index in [9.17, 15) is 18.9 Å². The molecule has 0 bridgehead atoms. The standard InChI is InChI=1S/C10H11F2NO4/c1-5(14)6(2)17-10-4-7(11)9(13(15)16)3-8(10)12/h3-6,14H,1-2H3. The van der Waals surface area contributed by atoms with Crippen molar-refractivity contribution in [3.05, 3.63) is 33.9 Å². The third-order valence-corrected chi connectivity index (χ3v) is 2.19. The van der Waals surface area contributed by atoms with Crippen LogP contribution in [0.5, 0.6) is 5.75 Å². The molecule has 1 N–H and O–H groups in total. The average molecular weight is 247 g/mol. The maximum Gasteiger partial charge on any atom is 0.307 e. The van der Waals surface area contributed by atoms with Gasteiger partial charge in [-0.15, -0.1) is 0 Å². The molecule has 2 atom stereocenters. The molecule has 0 aliphatic carbocycles. The first-order valence-electron chi connectivity index (χ1n) is 4.81. The van der Waals surface area contributed by atoms with E-state index in [1.165, 1.54) is 13.8 Å². The summed E-state index contributed by atoms with van der Waals surface area (Å²) < 4.78 is 31.5. The monoisotopic (exact) mass is 247 g/mol. The van der Waals surface area contributed by atoms with Crippen molar-refractivity contribution in [2.24, 2.45) is 0 Å². The highest BCUT2D eigenvalue weighted by atomic mass is 19.1. The molecule has 1 aromatic carbocycles. The molecule has 17 heavy (non-hydrogen) atoms. The molecule has 0 fully saturated rings. The smallest absolute Gasteiger partial charge is 0.307 e. The number of nitro groups is 1. The van der Waals surface area contributed by atoms with Crippen LogP contribution in [0, 0.1) is 21.7 Å². The molecule has 0 spiro atoms. The van der Waals surface area contributed by atoms with Gasteiger partial charge in [-0.1, -0.05) is 0 Å². The molecule has 0 saturated heterocycles. The summed E-state index contributed by atoms with van der Waals surface area (Å²) in [5.41, 5.74) is -0.959. The Morgan fingerprint density at radius 1 is 1.35 bits per heavy atom. The number of rotatable bonds is 4. The summed E-state index contributed by atoms with van der Waals surface area (Å²) in [5, 5.41) is 19.5. The Labute approximate surface area is 95.8 Å². The van der Waals surface area contributed by atoms with Crippen LogP contribution in [0.3, 0.4) is 0 Å². The minimum absolute atomic E-state index is 0.444. The van der Waals surface area contributed by atoms with Crippen LogP contribution in [0.25, 0.3) is 0 Å². The lowest BCUT2D eigenvalue weighted by Gasteiger charge is -2.17. The zero-order valence-corrected chi connectivity index (χ0v) is 9.18. The molecule has 5 nitrogen and oxygen atoms in total. The fourth-order valence-electron chi connectivity index (χ4n) is 1.05. The molecule has 0 amide bonds. The van der Waals surface area contributed by atoms with E-state index in [0.29, 0.717) is 12.1 Å². The Balaban J connectivity index is 3.03. The minimum Gasteiger partial charge on any atom is -0.485 e. The normalized spacial score (nSPS) is 14.2. The van der Waals surface area contributed by atoms with Crippen LogP contribution in [0.2, 0.25) is 0 Å². The van der Waals surface area contributed by atoms with Crippen molar-refractivity contribution >= 4 is 5.69 Å². The molecule has 0 radical (unpaired) electrons. The van der Waals surface area contributed by atoms with Crippen LogP contribution in [0.15, 0.2) is 12.1 Å². The van der Waals surface area contributed by atoms with Gasteiger partial charge < -0.3 is 9.84 Å². The first kappa shape index (κ1) is 13.3. The van der Waals surface area contributed by atoms with Crippen molar-refractivity contribution in [2.75, 3.05) is 0 Å². The van der Waals surface area contributed by atoms with Crippen molar-refractivity contribution in [1.82, 2.24) is 0 Å². The molecule has 1 aromatic rings. The van der Waals surface area contributed by atoms with Crippen LogP contribution in [0.4, 0.5) is 14.5 Å². The van der Waals surface area contributed by atoms with Crippen molar-refractivity contribution in [1.29, 1.82) is 0 Å². The second kappa shape index (κ2) is 5.05. The lowest BCUT2D eigenvalue weighted by molar-refractivity contribution is -0.387. The van der Waals surface area contributed by atoms with E-state index in [4.69, 9.17) is 9.84 Å². The predicted molar refractivity (Wildman–Crippen MR) is 54.8 cm³/mol. The Hall–Kier alpha value is -1.76. The van der Waals surface area contributed by atoms with Gasteiger partial charge in [-0.3, -0.25) is 10.1 Å². The van der Waals surface area contributed by atoms with Crippen LogP contribution in [-0.4, -0.2) is 22.2 Å². The number of hydrogen-bond acceptors (Lipinski definition) is 4. The third kappa shape index (κ3) is 3.10. The number of nitrogens with zero attached hydrogens (tertiary/aromatic N) is 1. The van der Waals surface area contributed by atoms with Crippen molar-refractivity contribution in [3.8, 4) is 5.75 Å². The molecule has 7 heteroatoms. The summed E-state index contributed by atoms with van der Waals surface area (Å²) in [6.45, 7) is 2.88. The molecule has 0 aliphatic rings. The topological polar surface area (TPSA) is 72.6 Å². The van der Waals surface area contributed by atoms with E-state index >= 15 is 0 Å². The highest BCUT2D eigenvalue weighted by Crippen LogP contribution is 2.27. The predicted octanol–water partition coefficient (Wildman–Crippen LogP) is 2.02. The van der Waals surface area contributed by atoms with Crippen molar-refractivity contribution in [3.63, 3.8) is 0 Å². The number of hydrogen-bond donors (Lipinski definition) is 1. The zero-order chi connectivity index (χ0) is 13.2. The van der Waals surface area contributed by atoms with Crippen LogP contribution in [-0.2, 0) is 0 Å². The molecule has 1 rings (SSSR count). The van der Waals surface area contributed by atoms with E-state index in [1.54, 1.807) is 0 Å². The SMILES string of the molecule is CC(O)C(C)Oc1cc(F)c([N+](=O)[O-])cc1F. The van der Waals surface area contributed by atoms with E-state index < -0.39 is 40.2 Å². The van der Waals surface area contributed by atoms with Gasteiger partial charge in [-0.25, -0.2) is 4.39 Å². The quantitative estimate of drug-likeness (QED) is 0.652. The van der Waals surface area contributed by atoms with Gasteiger partial charge in [0.05, 0.1) is 17.1 Å². The highest BCUT2D eigenvalue weighted by Gasteiger charge is 2.21. The number of ether oxygens (including phenoxy) is 1. The molecular weight excluding hydrogens is 236 g/mol. The zero-order valence-electron chi connectivity index (χ0n) is 9.18. The summed E-state index contributed by atoms with van der Waals surface area (Å²) in [7, 11) is 0. The fourth-order valence-corrected chi connectivity index (χ4v) is 1.05. The van der Waals surface area contributed by atoms with E-state index in [1.807, 2.05) is 0 Å². The second-order valence-corrected chi connectivity index (χ2v) is 3.55. The molecule has 0 heterocycles. The maximum atomic E-state index is 13.3. The van der Waals surface area contributed by atoms with Gasteiger partial charge in [0.2, 0.25) is 5.82 Å². The van der Waals surface area contributed by atoms with Gasteiger partial charge in [0.25, 0.3) is 0 Å². The van der Waals surface area contributed by atoms with E-state index in [0.717, 1.165) is 0 Å². The maximum absolute atomic E-state index is 13.3. The lowest BCUT2D eigenvalue weighted by Crippen LogP contribution is -2.26. The number of nitro benzene ring substituents is 1. The molecule has 2 unspecified atom stereocenters. The Morgan fingerprint density at radius 2 is 1.94 bits per heavy atom. The fraction of sp³-hybridized carbons (Fsp3) is 0.400. The summed E-state index contributed by atoms with van der Waals surface area (Å²) in [5.74, 6) is -2.71. The van der Waals surface area contributed by atoms with E-state index in [-0.39, 0.29) is 0 Å². The number of aliphatic hydroxyl groups excluding tert-OH is 1. The summed E-state index contributed by atoms with van der Waals surface area (Å²) >= 11 is 0. The highest BCUT2D eigenvalue weighted by molar-refractivity contribution is 5.39. The van der Waals surface area contributed by atoms with Gasteiger partial charge in [0.1, 0.15) is 6.10 Å². The molecule has 0 saturated carbocycles.